The lowest BCUT2D eigenvalue weighted by molar-refractivity contribution is -0.118. The lowest BCUT2D eigenvalue weighted by atomic mass is 10.3. The van der Waals surface area contributed by atoms with Crippen LogP contribution in [0.25, 0.3) is 0 Å². The van der Waals surface area contributed by atoms with Crippen LogP contribution in [0.15, 0.2) is 48.5 Å². The van der Waals surface area contributed by atoms with Gasteiger partial charge in [-0.05, 0) is 30.3 Å². The third kappa shape index (κ3) is 4.16. The van der Waals surface area contributed by atoms with E-state index in [1.807, 2.05) is 0 Å². The van der Waals surface area contributed by atoms with Gasteiger partial charge in [-0.25, -0.2) is 0 Å². The molecule has 98 valence electrons. The Bertz CT molecular complexity index is 587. The number of anilines is 1. The molecule has 0 fully saturated rings. The first-order valence-corrected chi connectivity index (χ1v) is 6.33. The third-order valence-electron chi connectivity index (χ3n) is 2.30. The molecule has 0 atom stereocenters. The van der Waals surface area contributed by atoms with E-state index in [1.165, 1.54) is 0 Å². The first-order chi connectivity index (χ1) is 9.15. The molecule has 0 aliphatic carbocycles. The van der Waals surface area contributed by atoms with Gasteiger partial charge in [0.25, 0.3) is 5.91 Å². The fourth-order valence-electron chi connectivity index (χ4n) is 1.47. The Kier molecular flexibility index (Phi) is 4.66. The second kappa shape index (κ2) is 6.45. The van der Waals surface area contributed by atoms with Crippen molar-refractivity contribution < 1.29 is 9.53 Å². The first-order valence-electron chi connectivity index (χ1n) is 5.58. The monoisotopic (exact) mass is 295 g/mol. The molecule has 19 heavy (non-hydrogen) atoms. The first kappa shape index (κ1) is 13.7. The van der Waals surface area contributed by atoms with E-state index in [0.717, 1.165) is 0 Å². The minimum Gasteiger partial charge on any atom is -0.482 e. The highest BCUT2D eigenvalue weighted by atomic mass is 35.5. The highest BCUT2D eigenvalue weighted by Gasteiger charge is 2.06. The molecule has 2 aromatic rings. The van der Waals surface area contributed by atoms with Crippen LogP contribution >= 0.6 is 23.2 Å². The van der Waals surface area contributed by atoms with E-state index in [4.69, 9.17) is 27.9 Å². The average Bonchev–Trinajstić information content (AvgIpc) is 2.38. The highest BCUT2D eigenvalue weighted by molar-refractivity contribution is 6.32. The maximum atomic E-state index is 11.7. The van der Waals surface area contributed by atoms with Crippen LogP contribution in [0.4, 0.5) is 5.69 Å². The van der Waals surface area contributed by atoms with E-state index in [-0.39, 0.29) is 12.5 Å². The Morgan fingerprint density at radius 2 is 1.89 bits per heavy atom. The molecule has 5 heteroatoms. The molecule has 1 amide bonds. The zero-order valence-electron chi connectivity index (χ0n) is 9.90. The molecular weight excluding hydrogens is 285 g/mol. The summed E-state index contributed by atoms with van der Waals surface area (Å²) < 4.78 is 5.32. The van der Waals surface area contributed by atoms with E-state index in [1.54, 1.807) is 48.5 Å². The summed E-state index contributed by atoms with van der Waals surface area (Å²) in [5.41, 5.74) is 0.625. The smallest absolute Gasteiger partial charge is 0.262 e. The Labute approximate surface area is 121 Å². The van der Waals surface area contributed by atoms with Crippen molar-refractivity contribution in [3.05, 3.63) is 58.6 Å². The Morgan fingerprint density at radius 3 is 2.63 bits per heavy atom. The maximum Gasteiger partial charge on any atom is 0.262 e. The van der Waals surface area contributed by atoms with Gasteiger partial charge in [-0.2, -0.15) is 0 Å². The van der Waals surface area contributed by atoms with Crippen LogP contribution in [-0.4, -0.2) is 12.5 Å². The van der Waals surface area contributed by atoms with Gasteiger partial charge < -0.3 is 10.1 Å². The van der Waals surface area contributed by atoms with Crippen molar-refractivity contribution in [2.75, 3.05) is 11.9 Å². The van der Waals surface area contributed by atoms with Gasteiger partial charge in [-0.3, -0.25) is 4.79 Å². The number of hydrogen-bond donors (Lipinski definition) is 1. The second-order valence-corrected chi connectivity index (χ2v) is 4.62. The number of halogens is 2. The van der Waals surface area contributed by atoms with Gasteiger partial charge in [0, 0.05) is 10.7 Å². The summed E-state index contributed by atoms with van der Waals surface area (Å²) in [6, 6.07) is 13.9. The molecule has 1 N–H and O–H groups in total. The predicted octanol–water partition coefficient (Wildman–Crippen LogP) is 4.01. The van der Waals surface area contributed by atoms with Crippen LogP contribution in [0.2, 0.25) is 10.0 Å². The molecule has 0 saturated heterocycles. The summed E-state index contributed by atoms with van der Waals surface area (Å²) >= 11 is 11.7. The van der Waals surface area contributed by atoms with E-state index in [9.17, 15) is 4.79 Å². The largest absolute Gasteiger partial charge is 0.482 e. The molecule has 0 aliphatic heterocycles. The number of ether oxygens (including phenoxy) is 1. The Hall–Kier alpha value is -1.71. The molecule has 2 aromatic carbocycles. The van der Waals surface area contributed by atoms with Gasteiger partial charge in [0.2, 0.25) is 0 Å². The summed E-state index contributed by atoms with van der Waals surface area (Å²) in [7, 11) is 0. The summed E-state index contributed by atoms with van der Waals surface area (Å²) in [5.74, 6) is 0.201. The normalized spacial score (nSPS) is 10.0. The van der Waals surface area contributed by atoms with Crippen molar-refractivity contribution in [3.8, 4) is 5.75 Å². The minimum absolute atomic E-state index is 0.115. The SMILES string of the molecule is O=C(COc1ccccc1Cl)Nc1cccc(Cl)c1. The van der Waals surface area contributed by atoms with Gasteiger partial charge in [0.15, 0.2) is 6.61 Å². The van der Waals surface area contributed by atoms with Gasteiger partial charge in [-0.1, -0.05) is 41.4 Å². The van der Waals surface area contributed by atoms with Crippen molar-refractivity contribution in [3.63, 3.8) is 0 Å². The number of nitrogens with one attached hydrogen (secondary N) is 1. The highest BCUT2D eigenvalue weighted by Crippen LogP contribution is 2.23. The lowest BCUT2D eigenvalue weighted by Crippen LogP contribution is -2.20. The molecule has 0 radical (unpaired) electrons. The Morgan fingerprint density at radius 1 is 1.11 bits per heavy atom. The molecule has 3 nitrogen and oxygen atoms in total. The van der Waals surface area contributed by atoms with Gasteiger partial charge in [-0.15, -0.1) is 0 Å². The van der Waals surface area contributed by atoms with Crippen LogP contribution < -0.4 is 10.1 Å². The van der Waals surface area contributed by atoms with Gasteiger partial charge in [0.1, 0.15) is 5.75 Å². The quantitative estimate of drug-likeness (QED) is 0.925. The number of hydrogen-bond acceptors (Lipinski definition) is 2. The van der Waals surface area contributed by atoms with Crippen LogP contribution in [-0.2, 0) is 4.79 Å². The molecule has 0 aliphatic rings. The fraction of sp³-hybridized carbons (Fsp3) is 0.0714. The maximum absolute atomic E-state index is 11.7. The number of rotatable bonds is 4. The zero-order valence-corrected chi connectivity index (χ0v) is 11.4. The van der Waals surface area contributed by atoms with Gasteiger partial charge >= 0.3 is 0 Å². The Balaban J connectivity index is 1.90. The summed E-state index contributed by atoms with van der Waals surface area (Å²) in [6.45, 7) is -0.115. The average molecular weight is 296 g/mol. The van der Waals surface area contributed by atoms with Crippen LogP contribution in [0.1, 0.15) is 0 Å². The van der Waals surface area contributed by atoms with Gasteiger partial charge in [0.05, 0.1) is 5.02 Å². The topological polar surface area (TPSA) is 38.3 Å². The summed E-state index contributed by atoms with van der Waals surface area (Å²) in [4.78, 5) is 11.7. The van der Waals surface area contributed by atoms with Crippen molar-refractivity contribution in [2.24, 2.45) is 0 Å². The third-order valence-corrected chi connectivity index (χ3v) is 2.85. The van der Waals surface area contributed by atoms with Crippen LogP contribution in [0.5, 0.6) is 5.75 Å². The number of para-hydroxylation sites is 1. The van der Waals surface area contributed by atoms with Crippen molar-refractivity contribution in [1.82, 2.24) is 0 Å². The molecule has 0 unspecified atom stereocenters. The van der Waals surface area contributed by atoms with Crippen LogP contribution in [0.3, 0.4) is 0 Å². The molecule has 0 spiro atoms. The van der Waals surface area contributed by atoms with E-state index < -0.39 is 0 Å². The van der Waals surface area contributed by atoms with Crippen molar-refractivity contribution in [1.29, 1.82) is 0 Å². The predicted molar refractivity (Wildman–Crippen MR) is 77.0 cm³/mol. The summed E-state index contributed by atoms with van der Waals surface area (Å²) in [6.07, 6.45) is 0. The van der Waals surface area contributed by atoms with E-state index >= 15 is 0 Å². The number of benzene rings is 2. The number of carbonyl (C=O) groups excluding carboxylic acids is 1. The minimum atomic E-state index is -0.276. The molecule has 2 rings (SSSR count). The molecule has 0 saturated carbocycles. The standard InChI is InChI=1S/C14H11Cl2NO2/c15-10-4-3-5-11(8-10)17-14(18)9-19-13-7-2-1-6-12(13)16/h1-8H,9H2,(H,17,18). The molecular formula is C14H11Cl2NO2. The number of carbonyl (C=O) groups is 1. The summed E-state index contributed by atoms with van der Waals surface area (Å²) in [5, 5.41) is 3.71. The van der Waals surface area contributed by atoms with E-state index in [2.05, 4.69) is 5.32 Å². The molecule has 0 aromatic heterocycles. The number of amides is 1. The molecule has 0 heterocycles. The second-order valence-electron chi connectivity index (χ2n) is 3.78. The van der Waals surface area contributed by atoms with E-state index in [0.29, 0.717) is 21.5 Å². The lowest BCUT2D eigenvalue weighted by Gasteiger charge is -2.08. The molecule has 0 bridgehead atoms. The fourth-order valence-corrected chi connectivity index (χ4v) is 1.85. The van der Waals surface area contributed by atoms with Crippen molar-refractivity contribution >= 4 is 34.8 Å². The van der Waals surface area contributed by atoms with Crippen molar-refractivity contribution in [2.45, 2.75) is 0 Å². The zero-order chi connectivity index (χ0) is 13.7. The van der Waals surface area contributed by atoms with Crippen LogP contribution in [0, 0.1) is 0 Å².